The molecule has 3 aliphatic rings. The lowest BCUT2D eigenvalue weighted by Crippen LogP contribution is -2.64. The summed E-state index contributed by atoms with van der Waals surface area (Å²) in [5, 5.41) is 43.9. The van der Waals surface area contributed by atoms with Crippen molar-refractivity contribution in [3.8, 4) is 18.2 Å². The molecule has 28 heavy (non-hydrogen) atoms. The van der Waals surface area contributed by atoms with Crippen LogP contribution < -0.4 is 5.32 Å². The minimum absolute atomic E-state index is 0.152. The maximum absolute atomic E-state index is 11.3. The molecule has 2 bridgehead atoms. The molecule has 2 aliphatic heterocycles. The second kappa shape index (κ2) is 6.54. The summed E-state index contributed by atoms with van der Waals surface area (Å²) in [5.41, 5.74) is -0.527. The molecule has 2 N–H and O–H groups in total. The fourth-order valence-electron chi connectivity index (χ4n) is 4.86. The molecular formula is C23H18N4O. The molecule has 0 amide bonds. The van der Waals surface area contributed by atoms with E-state index < -0.39 is 11.1 Å². The number of allylic oxidation sites excluding steroid dienone is 2. The molecule has 0 radical (unpaired) electrons. The number of nitriles is 3. The molecule has 2 saturated heterocycles. The van der Waals surface area contributed by atoms with E-state index in [0.29, 0.717) is 12.8 Å². The van der Waals surface area contributed by atoms with Crippen LogP contribution in [0.25, 0.3) is 0 Å². The van der Waals surface area contributed by atoms with Crippen LogP contribution in [0.5, 0.6) is 0 Å². The molecule has 1 saturated carbocycles. The van der Waals surface area contributed by atoms with Gasteiger partial charge in [-0.3, -0.25) is 0 Å². The van der Waals surface area contributed by atoms with Gasteiger partial charge in [0.25, 0.3) is 0 Å². The highest BCUT2D eigenvalue weighted by molar-refractivity contribution is 5.53. The van der Waals surface area contributed by atoms with Crippen molar-refractivity contribution in [3.05, 3.63) is 83.1 Å². The Morgan fingerprint density at radius 3 is 1.71 bits per heavy atom. The van der Waals surface area contributed by atoms with Gasteiger partial charge in [-0.25, -0.2) is 0 Å². The van der Waals surface area contributed by atoms with Crippen molar-refractivity contribution in [2.24, 2.45) is 5.41 Å². The fraction of sp³-hybridized carbons (Fsp3) is 0.261. The third kappa shape index (κ3) is 2.48. The number of aliphatic hydroxyl groups is 1. The van der Waals surface area contributed by atoms with Gasteiger partial charge in [-0.15, -0.1) is 0 Å². The topological polar surface area (TPSA) is 104 Å². The second-order valence-corrected chi connectivity index (χ2v) is 7.45. The summed E-state index contributed by atoms with van der Waals surface area (Å²) in [6.45, 7) is 0. The largest absolute Gasteiger partial charge is 0.371 e. The maximum Gasteiger partial charge on any atom is 0.150 e. The van der Waals surface area contributed by atoms with Crippen molar-refractivity contribution in [3.63, 3.8) is 0 Å². The Bertz CT molecular complexity index is 988. The van der Waals surface area contributed by atoms with Gasteiger partial charge in [-0.05, 0) is 11.1 Å². The Labute approximate surface area is 163 Å². The standard InChI is InChI=1S/C23H18N4O/c24-13-18(14-25)21-23(15-26)19(16-7-3-1-4-8-16)11-22(28,27-21)12-20(23)17-9-5-2-6-10-17/h1-10,19-20,27-28H,11-12H2/t19-,20-,22?,23?/m1/s1. The van der Waals surface area contributed by atoms with E-state index in [2.05, 4.69) is 11.4 Å². The van der Waals surface area contributed by atoms with E-state index >= 15 is 0 Å². The van der Waals surface area contributed by atoms with Crippen LogP contribution in [0.3, 0.4) is 0 Å². The van der Waals surface area contributed by atoms with Gasteiger partial charge in [0, 0.05) is 24.7 Å². The monoisotopic (exact) mass is 366 g/mol. The van der Waals surface area contributed by atoms with Crippen LogP contribution in [0.1, 0.15) is 35.8 Å². The van der Waals surface area contributed by atoms with Gasteiger partial charge in [0.05, 0.1) is 11.8 Å². The normalized spacial score (nSPS) is 30.4. The Hall–Kier alpha value is -3.59. The number of nitrogens with one attached hydrogen (secondary N) is 1. The van der Waals surface area contributed by atoms with E-state index in [1.165, 1.54) is 0 Å². The first-order valence-corrected chi connectivity index (χ1v) is 9.14. The number of hydrogen-bond acceptors (Lipinski definition) is 5. The van der Waals surface area contributed by atoms with Gasteiger partial charge >= 0.3 is 0 Å². The van der Waals surface area contributed by atoms with Gasteiger partial charge in [0.1, 0.15) is 28.9 Å². The summed E-state index contributed by atoms with van der Waals surface area (Å²) in [6.07, 6.45) is 0.670. The Kier molecular flexibility index (Phi) is 4.16. The number of hydrogen-bond donors (Lipinski definition) is 2. The summed E-state index contributed by atoms with van der Waals surface area (Å²) in [4.78, 5) is 0. The molecule has 1 aliphatic carbocycles. The van der Waals surface area contributed by atoms with Gasteiger partial charge in [0.15, 0.2) is 0 Å². The lowest BCUT2D eigenvalue weighted by atomic mass is 9.50. The van der Waals surface area contributed by atoms with Gasteiger partial charge < -0.3 is 10.4 Å². The molecule has 5 rings (SSSR count). The van der Waals surface area contributed by atoms with E-state index in [4.69, 9.17) is 0 Å². The van der Waals surface area contributed by atoms with Crippen LogP contribution >= 0.6 is 0 Å². The minimum Gasteiger partial charge on any atom is -0.371 e. The lowest BCUT2D eigenvalue weighted by Gasteiger charge is -2.58. The highest BCUT2D eigenvalue weighted by Gasteiger charge is 2.64. The number of rotatable bonds is 2. The van der Waals surface area contributed by atoms with Gasteiger partial charge in [-0.1, -0.05) is 60.7 Å². The van der Waals surface area contributed by atoms with Crippen LogP contribution in [-0.2, 0) is 0 Å². The lowest BCUT2D eigenvalue weighted by molar-refractivity contribution is -0.0932. The van der Waals surface area contributed by atoms with Crippen LogP contribution in [-0.4, -0.2) is 10.8 Å². The number of fused-ring (bicyclic) bond motifs is 3. The molecule has 3 fully saturated rings. The first-order chi connectivity index (χ1) is 13.6. The molecule has 5 nitrogen and oxygen atoms in total. The number of nitrogens with zero attached hydrogens (tertiary/aromatic N) is 3. The van der Waals surface area contributed by atoms with Gasteiger partial charge in [0.2, 0.25) is 0 Å². The Balaban J connectivity index is 2.04. The molecule has 2 heterocycles. The fourth-order valence-corrected chi connectivity index (χ4v) is 4.86. The van der Waals surface area contributed by atoms with E-state index in [9.17, 15) is 20.9 Å². The summed E-state index contributed by atoms with van der Waals surface area (Å²) in [6, 6.07) is 25.5. The molecule has 136 valence electrons. The second-order valence-electron chi connectivity index (χ2n) is 7.45. The highest BCUT2D eigenvalue weighted by Crippen LogP contribution is 2.64. The summed E-state index contributed by atoms with van der Waals surface area (Å²) >= 11 is 0. The summed E-state index contributed by atoms with van der Waals surface area (Å²) < 4.78 is 0. The van der Waals surface area contributed by atoms with Crippen molar-refractivity contribution in [2.45, 2.75) is 30.4 Å². The molecule has 2 aromatic carbocycles. The smallest absolute Gasteiger partial charge is 0.150 e. The first-order valence-electron chi connectivity index (χ1n) is 9.14. The summed E-state index contributed by atoms with van der Waals surface area (Å²) in [7, 11) is 0. The van der Waals surface area contributed by atoms with Crippen LogP contribution in [0.2, 0.25) is 0 Å². The van der Waals surface area contributed by atoms with Crippen molar-refractivity contribution in [2.75, 3.05) is 0 Å². The zero-order valence-electron chi connectivity index (χ0n) is 15.1. The molecule has 0 aromatic heterocycles. The van der Waals surface area contributed by atoms with E-state index in [1.54, 1.807) is 0 Å². The van der Waals surface area contributed by atoms with E-state index in [0.717, 1.165) is 11.1 Å². The molecule has 2 atom stereocenters. The zero-order valence-corrected chi connectivity index (χ0v) is 15.1. The summed E-state index contributed by atoms with van der Waals surface area (Å²) in [5.74, 6) is -0.703. The Morgan fingerprint density at radius 1 is 0.857 bits per heavy atom. The zero-order chi connectivity index (χ0) is 19.8. The van der Waals surface area contributed by atoms with Crippen molar-refractivity contribution in [1.82, 2.24) is 5.32 Å². The molecule has 2 aromatic rings. The van der Waals surface area contributed by atoms with Gasteiger partial charge in [-0.2, -0.15) is 15.8 Å². The number of benzene rings is 2. The first kappa shape index (κ1) is 17.8. The van der Waals surface area contributed by atoms with Crippen molar-refractivity contribution >= 4 is 0 Å². The average molecular weight is 366 g/mol. The third-order valence-corrected chi connectivity index (χ3v) is 6.02. The van der Waals surface area contributed by atoms with E-state index in [1.807, 2.05) is 72.8 Å². The average Bonchev–Trinajstić information content (AvgIpc) is 2.75. The predicted octanol–water partition coefficient (Wildman–Crippen LogP) is 3.45. The van der Waals surface area contributed by atoms with Crippen LogP contribution in [0.15, 0.2) is 71.9 Å². The predicted molar refractivity (Wildman–Crippen MR) is 102 cm³/mol. The highest BCUT2D eigenvalue weighted by atomic mass is 16.3. The quantitative estimate of drug-likeness (QED) is 0.792. The molecule has 0 spiro atoms. The molecule has 5 heteroatoms. The van der Waals surface area contributed by atoms with Crippen molar-refractivity contribution in [1.29, 1.82) is 15.8 Å². The number of piperidine rings is 2. The van der Waals surface area contributed by atoms with Crippen LogP contribution in [0.4, 0.5) is 0 Å². The third-order valence-electron chi connectivity index (χ3n) is 6.02. The SMILES string of the molecule is N#CC(C#N)=C1NC2(O)C[C@H](c3ccccc3)C1(C#N)[C@@H](c1ccccc1)C2. The minimum atomic E-state index is -1.30. The van der Waals surface area contributed by atoms with Crippen LogP contribution in [0, 0.1) is 39.4 Å². The van der Waals surface area contributed by atoms with E-state index in [-0.39, 0.29) is 23.1 Å². The maximum atomic E-state index is 11.3. The molecule has 0 unspecified atom stereocenters. The Morgan fingerprint density at radius 2 is 1.32 bits per heavy atom. The van der Waals surface area contributed by atoms with Crippen molar-refractivity contribution < 1.29 is 5.11 Å². The molecular weight excluding hydrogens is 348 g/mol.